The number of fused-ring (bicyclic) bond motifs is 1. The molecule has 1 aliphatic rings. The first-order valence-corrected chi connectivity index (χ1v) is 5.60. The van der Waals surface area contributed by atoms with Gasteiger partial charge in [0.1, 0.15) is 0 Å². The first-order valence-electron chi connectivity index (χ1n) is 4.02. The third kappa shape index (κ3) is 1.44. The van der Waals surface area contributed by atoms with E-state index in [9.17, 15) is 0 Å². The first-order chi connectivity index (χ1) is 6.09. The summed E-state index contributed by atoms with van der Waals surface area (Å²) in [6.45, 7) is 6.05. The molecule has 1 N–H and O–H groups in total. The van der Waals surface area contributed by atoms with E-state index >= 15 is 0 Å². The van der Waals surface area contributed by atoms with Gasteiger partial charge in [0.25, 0.3) is 0 Å². The fourth-order valence-corrected chi connectivity index (χ4v) is 2.90. The lowest BCUT2D eigenvalue weighted by atomic mass is 10.1. The van der Waals surface area contributed by atoms with Crippen molar-refractivity contribution in [3.8, 4) is 0 Å². The van der Waals surface area contributed by atoms with Gasteiger partial charge in [-0.15, -0.1) is 0 Å². The summed E-state index contributed by atoms with van der Waals surface area (Å²) < 4.78 is 2.24. The molecule has 0 saturated carbocycles. The van der Waals surface area contributed by atoms with Crippen LogP contribution in [0.5, 0.6) is 0 Å². The fraction of sp³-hybridized carbons (Fsp3) is 0.200. The number of rotatable bonds is 0. The van der Waals surface area contributed by atoms with Crippen molar-refractivity contribution in [1.29, 1.82) is 0 Å². The highest BCUT2D eigenvalue weighted by atomic mass is 79.9. The van der Waals surface area contributed by atoms with Crippen molar-refractivity contribution in [2.75, 3.05) is 5.32 Å². The van der Waals surface area contributed by atoms with Crippen molar-refractivity contribution in [2.45, 2.75) is 13.3 Å². The predicted octanol–water partition coefficient (Wildman–Crippen LogP) is 4.00. The predicted molar refractivity (Wildman–Crippen MR) is 63.0 cm³/mol. The van der Waals surface area contributed by atoms with Crippen molar-refractivity contribution in [3.63, 3.8) is 0 Å². The molecule has 3 heteroatoms. The standard InChI is InChI=1S/C10H9Br2N/c1-5-3-7-6(2)8(11)4-9(12)10(7)13-5/h4,13H,1,3H2,2H3. The van der Waals surface area contributed by atoms with Gasteiger partial charge in [-0.25, -0.2) is 0 Å². The van der Waals surface area contributed by atoms with Crippen LogP contribution in [0, 0.1) is 6.92 Å². The maximum atomic E-state index is 3.93. The molecule has 0 bridgehead atoms. The fourth-order valence-electron chi connectivity index (χ4n) is 1.56. The summed E-state index contributed by atoms with van der Waals surface area (Å²) in [6, 6.07) is 2.07. The molecular weight excluding hydrogens is 294 g/mol. The maximum absolute atomic E-state index is 3.93. The molecule has 1 aromatic carbocycles. The molecule has 0 radical (unpaired) electrons. The summed E-state index contributed by atoms with van der Waals surface area (Å²) in [7, 11) is 0. The lowest BCUT2D eigenvalue weighted by molar-refractivity contribution is 1.21. The molecule has 0 aromatic heterocycles. The minimum atomic E-state index is 0.930. The van der Waals surface area contributed by atoms with Crippen LogP contribution in [0.25, 0.3) is 0 Å². The molecule has 0 spiro atoms. The molecule has 13 heavy (non-hydrogen) atoms. The summed E-state index contributed by atoms with van der Waals surface area (Å²) in [5.41, 5.74) is 4.87. The molecule has 1 aromatic rings. The average molecular weight is 303 g/mol. The first kappa shape index (κ1) is 9.28. The van der Waals surface area contributed by atoms with Gasteiger partial charge in [0.15, 0.2) is 0 Å². The van der Waals surface area contributed by atoms with Crippen LogP contribution in [-0.4, -0.2) is 0 Å². The second-order valence-electron chi connectivity index (χ2n) is 3.22. The van der Waals surface area contributed by atoms with Crippen LogP contribution in [0.15, 0.2) is 27.3 Å². The summed E-state index contributed by atoms with van der Waals surface area (Å²) in [6.07, 6.45) is 0.930. The molecule has 0 atom stereocenters. The van der Waals surface area contributed by atoms with E-state index in [-0.39, 0.29) is 0 Å². The van der Waals surface area contributed by atoms with Crippen molar-refractivity contribution < 1.29 is 0 Å². The minimum absolute atomic E-state index is 0.930. The summed E-state index contributed by atoms with van der Waals surface area (Å²) in [5.74, 6) is 0. The van der Waals surface area contributed by atoms with E-state index in [4.69, 9.17) is 0 Å². The van der Waals surface area contributed by atoms with Crippen molar-refractivity contribution >= 4 is 37.5 Å². The Kier molecular flexibility index (Phi) is 2.24. The molecule has 1 aliphatic heterocycles. The van der Waals surface area contributed by atoms with Gasteiger partial charge >= 0.3 is 0 Å². The van der Waals surface area contributed by atoms with E-state index in [0.717, 1.165) is 21.1 Å². The maximum Gasteiger partial charge on any atom is 0.0566 e. The second-order valence-corrected chi connectivity index (χ2v) is 4.93. The third-order valence-corrected chi connectivity index (χ3v) is 3.75. The van der Waals surface area contributed by atoms with E-state index in [2.05, 4.69) is 56.7 Å². The Morgan fingerprint density at radius 1 is 1.38 bits per heavy atom. The quantitative estimate of drug-likeness (QED) is 0.764. The topological polar surface area (TPSA) is 12.0 Å². The summed E-state index contributed by atoms with van der Waals surface area (Å²) >= 11 is 7.06. The Morgan fingerprint density at radius 3 is 2.77 bits per heavy atom. The van der Waals surface area contributed by atoms with Gasteiger partial charge in [-0.1, -0.05) is 22.5 Å². The normalized spacial score (nSPS) is 14.2. The monoisotopic (exact) mass is 301 g/mol. The SMILES string of the molecule is C=C1Cc2c(C)c(Br)cc(Br)c2N1. The Balaban J connectivity index is 2.69. The molecular formula is C10H9Br2N. The lowest BCUT2D eigenvalue weighted by Gasteiger charge is -2.07. The summed E-state index contributed by atoms with van der Waals surface area (Å²) in [4.78, 5) is 0. The molecule has 0 amide bonds. The Labute approximate surface area is 94.5 Å². The van der Waals surface area contributed by atoms with Gasteiger partial charge in [-0.3, -0.25) is 0 Å². The van der Waals surface area contributed by atoms with E-state index in [1.807, 2.05) is 0 Å². The van der Waals surface area contributed by atoms with Gasteiger partial charge in [0.05, 0.1) is 5.69 Å². The molecule has 1 nitrogen and oxygen atoms in total. The van der Waals surface area contributed by atoms with Gasteiger partial charge < -0.3 is 5.32 Å². The molecule has 0 unspecified atom stereocenters. The number of halogens is 2. The third-order valence-electron chi connectivity index (χ3n) is 2.30. The second kappa shape index (κ2) is 3.14. The van der Waals surface area contributed by atoms with Crippen LogP contribution < -0.4 is 5.32 Å². The number of hydrogen-bond donors (Lipinski definition) is 1. The molecule has 2 rings (SSSR count). The van der Waals surface area contributed by atoms with E-state index < -0.39 is 0 Å². The Morgan fingerprint density at radius 2 is 2.08 bits per heavy atom. The summed E-state index contributed by atoms with van der Waals surface area (Å²) in [5, 5.41) is 3.27. The Hall–Kier alpha value is -0.280. The van der Waals surface area contributed by atoms with Crippen LogP contribution in [0.2, 0.25) is 0 Å². The smallest absolute Gasteiger partial charge is 0.0566 e. The van der Waals surface area contributed by atoms with Crippen molar-refractivity contribution in [2.24, 2.45) is 0 Å². The lowest BCUT2D eigenvalue weighted by Crippen LogP contribution is -1.89. The Bertz CT molecular complexity index is 396. The highest BCUT2D eigenvalue weighted by Crippen LogP contribution is 2.39. The molecule has 68 valence electrons. The van der Waals surface area contributed by atoms with E-state index in [1.165, 1.54) is 16.8 Å². The van der Waals surface area contributed by atoms with E-state index in [0.29, 0.717) is 0 Å². The molecule has 0 fully saturated rings. The number of nitrogens with one attached hydrogen (secondary N) is 1. The van der Waals surface area contributed by atoms with Crippen molar-refractivity contribution in [1.82, 2.24) is 0 Å². The highest BCUT2D eigenvalue weighted by Gasteiger charge is 2.19. The van der Waals surface area contributed by atoms with Gasteiger partial charge in [-0.2, -0.15) is 0 Å². The van der Waals surface area contributed by atoms with Crippen LogP contribution in [0.4, 0.5) is 5.69 Å². The number of anilines is 1. The van der Waals surface area contributed by atoms with E-state index in [1.54, 1.807) is 0 Å². The van der Waals surface area contributed by atoms with Gasteiger partial charge in [0.2, 0.25) is 0 Å². The highest BCUT2D eigenvalue weighted by molar-refractivity contribution is 9.11. The number of benzene rings is 1. The molecule has 0 aliphatic carbocycles. The van der Waals surface area contributed by atoms with Crippen molar-refractivity contribution in [3.05, 3.63) is 38.4 Å². The number of allylic oxidation sites excluding steroid dienone is 1. The van der Waals surface area contributed by atoms with Crippen LogP contribution in [0.3, 0.4) is 0 Å². The molecule has 1 heterocycles. The van der Waals surface area contributed by atoms with Crippen LogP contribution in [0.1, 0.15) is 11.1 Å². The zero-order valence-corrected chi connectivity index (χ0v) is 10.4. The minimum Gasteiger partial charge on any atom is -0.358 e. The van der Waals surface area contributed by atoms with Gasteiger partial charge in [-0.05, 0) is 40.0 Å². The zero-order chi connectivity index (χ0) is 9.59. The average Bonchev–Trinajstić information content (AvgIpc) is 2.44. The van der Waals surface area contributed by atoms with Crippen LogP contribution >= 0.6 is 31.9 Å². The zero-order valence-electron chi connectivity index (χ0n) is 7.25. The van der Waals surface area contributed by atoms with Gasteiger partial charge in [0, 0.05) is 21.1 Å². The largest absolute Gasteiger partial charge is 0.358 e. The molecule has 0 saturated heterocycles. The number of hydrogen-bond acceptors (Lipinski definition) is 1. The van der Waals surface area contributed by atoms with Crippen LogP contribution in [-0.2, 0) is 6.42 Å².